The number of carbonyl (C=O) groups excluding carboxylic acids is 1. The molecule has 0 bridgehead atoms. The van der Waals surface area contributed by atoms with E-state index in [-0.39, 0.29) is 26.1 Å². The number of nitrogens with two attached hydrogens (primary N) is 4. The molecule has 1 aliphatic carbocycles. The summed E-state index contributed by atoms with van der Waals surface area (Å²) in [6, 6.07) is -3.08. The van der Waals surface area contributed by atoms with Gasteiger partial charge in [-0.25, -0.2) is 0 Å². The Morgan fingerprint density at radius 2 is 1.86 bits per heavy atom. The van der Waals surface area contributed by atoms with Crippen molar-refractivity contribution in [3.63, 3.8) is 0 Å². The predicted molar refractivity (Wildman–Crippen MR) is 129 cm³/mol. The van der Waals surface area contributed by atoms with Crippen molar-refractivity contribution in [3.05, 3.63) is 11.8 Å². The molecule has 14 N–H and O–H groups in total. The zero-order chi connectivity index (χ0) is 27.5. The van der Waals surface area contributed by atoms with Crippen molar-refractivity contribution in [3.8, 4) is 0 Å². The van der Waals surface area contributed by atoms with Crippen molar-refractivity contribution >= 4 is 5.91 Å². The van der Waals surface area contributed by atoms with Crippen molar-refractivity contribution in [2.75, 3.05) is 26.7 Å². The van der Waals surface area contributed by atoms with E-state index in [2.05, 4.69) is 10.6 Å². The molecular weight excluding hydrogens is 492 g/mol. The quantitative estimate of drug-likeness (QED) is 0.132. The molecule has 2 heterocycles. The molecule has 0 aromatic heterocycles. The third-order valence-electron chi connectivity index (χ3n) is 7.03. The molecule has 0 spiro atoms. The smallest absolute Gasteiger partial charge is 0.250 e. The second-order valence-corrected chi connectivity index (χ2v) is 10.0. The highest BCUT2D eigenvalue weighted by Crippen LogP contribution is 2.32. The van der Waals surface area contributed by atoms with Crippen molar-refractivity contribution < 1.29 is 44.2 Å². The molecule has 3 rings (SSSR count). The van der Waals surface area contributed by atoms with Gasteiger partial charge in [0.25, 0.3) is 0 Å². The molecule has 12 atom stereocenters. The average Bonchev–Trinajstić information content (AvgIpc) is 2.85. The van der Waals surface area contributed by atoms with Gasteiger partial charge in [-0.2, -0.15) is 0 Å². The Kier molecular flexibility index (Phi) is 10.2. The summed E-state index contributed by atoms with van der Waals surface area (Å²) in [5.74, 6) is -0.292. The third kappa shape index (κ3) is 6.76. The van der Waals surface area contributed by atoms with Gasteiger partial charge in [0.05, 0.1) is 31.3 Å². The molecule has 3 aliphatic rings. The Morgan fingerprint density at radius 1 is 1.19 bits per heavy atom. The number of hydrogen-bond donors (Lipinski definition) is 10. The monoisotopic (exact) mass is 534 g/mol. The predicted octanol–water partition coefficient (Wildman–Crippen LogP) is -5.37. The summed E-state index contributed by atoms with van der Waals surface area (Å²) >= 11 is 0. The number of ether oxygens (including phenoxy) is 4. The van der Waals surface area contributed by atoms with Gasteiger partial charge in [-0.15, -0.1) is 0 Å². The summed E-state index contributed by atoms with van der Waals surface area (Å²) in [6.07, 6.45) is -6.49. The van der Waals surface area contributed by atoms with Crippen LogP contribution in [0.15, 0.2) is 11.8 Å². The summed E-state index contributed by atoms with van der Waals surface area (Å²) in [5.41, 5.74) is 22.1. The van der Waals surface area contributed by atoms with Crippen LogP contribution in [0.1, 0.15) is 19.8 Å². The Balaban J connectivity index is 1.82. The highest BCUT2D eigenvalue weighted by Gasteiger charge is 2.51. The van der Waals surface area contributed by atoms with Gasteiger partial charge >= 0.3 is 0 Å². The lowest BCUT2D eigenvalue weighted by molar-refractivity contribution is -0.304. The van der Waals surface area contributed by atoms with Crippen molar-refractivity contribution in [2.45, 2.75) is 92.6 Å². The van der Waals surface area contributed by atoms with E-state index in [0.29, 0.717) is 12.2 Å². The van der Waals surface area contributed by atoms with Crippen molar-refractivity contribution in [1.82, 2.24) is 10.6 Å². The molecule has 15 heteroatoms. The molecule has 1 saturated carbocycles. The number of hydrogen-bond acceptors (Lipinski definition) is 14. The number of carbonyl (C=O) groups is 1. The topological polar surface area (TPSA) is 263 Å². The maximum Gasteiger partial charge on any atom is 0.250 e. The molecule has 0 aromatic rings. The van der Waals surface area contributed by atoms with E-state index in [9.17, 15) is 25.2 Å². The Hall–Kier alpha value is -1.47. The van der Waals surface area contributed by atoms with Crippen LogP contribution < -0.4 is 33.6 Å². The lowest BCUT2D eigenvalue weighted by Gasteiger charge is -2.48. The van der Waals surface area contributed by atoms with Crippen molar-refractivity contribution in [1.29, 1.82) is 0 Å². The zero-order valence-electron chi connectivity index (χ0n) is 21.1. The lowest BCUT2D eigenvalue weighted by Crippen LogP contribution is -2.69. The van der Waals surface area contributed by atoms with E-state index in [1.165, 1.54) is 6.92 Å². The van der Waals surface area contributed by atoms with Crippen LogP contribution in [-0.2, 0) is 23.7 Å². The highest BCUT2D eigenvalue weighted by atomic mass is 16.7. The summed E-state index contributed by atoms with van der Waals surface area (Å²) in [5, 5.41) is 48.0. The SMILES string of the molecule is CN[C@@H]1[C@@H](O)[C@@H](O[C@@H]2[C@H](O)[C@H](O[C@H]3OC(CN)=CC[C@H]3N)[C@@H](N)C[C@H]2NC(=O)[C@@H](O)CN)OC[C@]1(C)O. The fourth-order valence-electron chi connectivity index (χ4n) is 4.92. The molecule has 0 unspecified atom stereocenters. The summed E-state index contributed by atoms with van der Waals surface area (Å²) in [4.78, 5) is 12.4. The van der Waals surface area contributed by atoms with Gasteiger partial charge in [-0.05, 0) is 32.9 Å². The van der Waals surface area contributed by atoms with Crippen LogP contribution in [0.5, 0.6) is 0 Å². The summed E-state index contributed by atoms with van der Waals surface area (Å²) in [7, 11) is 1.57. The molecule has 1 saturated heterocycles. The van der Waals surface area contributed by atoms with Gasteiger partial charge in [-0.1, -0.05) is 0 Å². The molecule has 2 aliphatic heterocycles. The van der Waals surface area contributed by atoms with E-state index in [1.54, 1.807) is 13.1 Å². The molecule has 0 radical (unpaired) electrons. The van der Waals surface area contributed by atoms with Crippen LogP contribution in [0, 0.1) is 0 Å². The molecular formula is C22H42N6O9. The van der Waals surface area contributed by atoms with Crippen LogP contribution in [0.4, 0.5) is 0 Å². The maximum absolute atomic E-state index is 12.4. The number of rotatable bonds is 9. The lowest BCUT2D eigenvalue weighted by atomic mass is 9.83. The number of nitrogens with one attached hydrogen (secondary N) is 2. The van der Waals surface area contributed by atoms with Gasteiger partial charge in [0.1, 0.15) is 41.9 Å². The number of aliphatic hydroxyl groups is 4. The van der Waals surface area contributed by atoms with Gasteiger partial charge in [0.2, 0.25) is 12.2 Å². The summed E-state index contributed by atoms with van der Waals surface area (Å²) in [6.45, 7) is 1.15. The molecule has 1 amide bonds. The van der Waals surface area contributed by atoms with Crippen LogP contribution in [-0.4, -0.2) is 126 Å². The molecule has 214 valence electrons. The van der Waals surface area contributed by atoms with Crippen molar-refractivity contribution in [2.24, 2.45) is 22.9 Å². The first-order chi connectivity index (χ1) is 17.4. The molecule has 37 heavy (non-hydrogen) atoms. The van der Waals surface area contributed by atoms with E-state index in [1.807, 2.05) is 0 Å². The van der Waals surface area contributed by atoms with Gasteiger partial charge in [0.15, 0.2) is 6.29 Å². The minimum absolute atomic E-state index is 0.0625. The average molecular weight is 535 g/mol. The fraction of sp³-hybridized carbons (Fsp3) is 0.864. The van der Waals surface area contributed by atoms with Gasteiger partial charge in [0, 0.05) is 12.6 Å². The number of likely N-dealkylation sites (N-methyl/N-ethyl adjacent to an activating group) is 1. The largest absolute Gasteiger partial charge is 0.467 e. The zero-order valence-corrected chi connectivity index (χ0v) is 21.1. The van der Waals surface area contributed by atoms with E-state index >= 15 is 0 Å². The molecule has 2 fully saturated rings. The standard InChI is InChI=1S/C22H42N6O9/c1-22(33)8-34-21(15(31)18(22)27-2)37-17-12(28-19(32)13(29)7-24)5-11(26)16(14(17)30)36-20-10(25)4-3-9(6-23)35-20/h3,10-18,20-21,27,29-31,33H,4-8,23-26H2,1-2H3,(H,28,32)/t10-,11+,12-,13+,14-,15-,16-,17+,18-,20-,21-,22+/m1/s1. The molecule has 15 nitrogen and oxygen atoms in total. The van der Waals surface area contributed by atoms with Crippen LogP contribution in [0.2, 0.25) is 0 Å². The number of amides is 1. The highest BCUT2D eigenvalue weighted by molar-refractivity contribution is 5.81. The Labute approximate surface area is 215 Å². The number of aliphatic hydroxyl groups excluding tert-OH is 3. The maximum atomic E-state index is 12.4. The van der Waals surface area contributed by atoms with E-state index in [0.717, 1.165) is 0 Å². The van der Waals surface area contributed by atoms with Gasteiger partial charge in [-0.3, -0.25) is 4.79 Å². The van der Waals surface area contributed by atoms with Crippen LogP contribution >= 0.6 is 0 Å². The fourth-order valence-corrected chi connectivity index (χ4v) is 4.92. The Bertz CT molecular complexity index is 805. The first kappa shape index (κ1) is 30.1. The molecule has 0 aromatic carbocycles. The normalized spacial score (nSPS) is 43.5. The minimum Gasteiger partial charge on any atom is -0.467 e. The van der Waals surface area contributed by atoms with Gasteiger partial charge < -0.3 is 72.9 Å². The second-order valence-electron chi connectivity index (χ2n) is 10.0. The third-order valence-corrected chi connectivity index (χ3v) is 7.03. The summed E-state index contributed by atoms with van der Waals surface area (Å²) < 4.78 is 23.3. The van der Waals surface area contributed by atoms with E-state index < -0.39 is 78.8 Å². The Morgan fingerprint density at radius 3 is 2.49 bits per heavy atom. The first-order valence-corrected chi connectivity index (χ1v) is 12.4. The van der Waals surface area contributed by atoms with Crippen LogP contribution in [0.25, 0.3) is 0 Å². The van der Waals surface area contributed by atoms with Crippen LogP contribution in [0.3, 0.4) is 0 Å². The minimum atomic E-state index is -1.49. The first-order valence-electron chi connectivity index (χ1n) is 12.4. The second kappa shape index (κ2) is 12.6. The van der Waals surface area contributed by atoms with E-state index in [4.69, 9.17) is 41.9 Å².